The molecule has 0 saturated carbocycles. The van der Waals surface area contributed by atoms with Crippen LogP contribution in [0.5, 0.6) is 0 Å². The molecule has 0 bridgehead atoms. The molecule has 0 aliphatic carbocycles. The zero-order chi connectivity index (χ0) is 18.9. The molecule has 0 aliphatic heterocycles. The van der Waals surface area contributed by atoms with Crippen molar-refractivity contribution in [3.8, 4) is 11.1 Å². The van der Waals surface area contributed by atoms with Gasteiger partial charge in [0.15, 0.2) is 0 Å². The summed E-state index contributed by atoms with van der Waals surface area (Å²) in [7, 11) is 3.63. The third kappa shape index (κ3) is 3.90. The molecular formula is C18H22N6O2. The van der Waals surface area contributed by atoms with Gasteiger partial charge in [0.1, 0.15) is 16.9 Å². The van der Waals surface area contributed by atoms with E-state index in [2.05, 4.69) is 25.9 Å². The van der Waals surface area contributed by atoms with Gasteiger partial charge in [-0.05, 0) is 44.5 Å². The number of ether oxygens (including phenoxy) is 1. The molecule has 2 aromatic heterocycles. The fraction of sp³-hybridized carbons (Fsp3) is 0.333. The van der Waals surface area contributed by atoms with E-state index >= 15 is 0 Å². The summed E-state index contributed by atoms with van der Waals surface area (Å²) in [5.74, 6) is 0.643. The molecule has 0 spiro atoms. The Hall–Kier alpha value is -3.16. The number of nitrogens with zero attached hydrogens (tertiary/aromatic N) is 4. The Balaban J connectivity index is 2.08. The van der Waals surface area contributed by atoms with Gasteiger partial charge in [-0.15, -0.1) is 10.2 Å². The average molecular weight is 354 g/mol. The van der Waals surface area contributed by atoms with Crippen LogP contribution in [0.4, 0.5) is 16.3 Å². The van der Waals surface area contributed by atoms with Crippen LogP contribution in [0.1, 0.15) is 20.8 Å². The predicted molar refractivity (Wildman–Crippen MR) is 101 cm³/mol. The number of carbonyl (C=O) groups is 1. The smallest absolute Gasteiger partial charge is 0.412 e. The van der Waals surface area contributed by atoms with Crippen molar-refractivity contribution >= 4 is 28.5 Å². The Morgan fingerprint density at radius 2 is 1.92 bits per heavy atom. The summed E-state index contributed by atoms with van der Waals surface area (Å²) in [5, 5.41) is 19.2. The fourth-order valence-electron chi connectivity index (χ4n) is 2.53. The number of hydrogen-bond donors (Lipinski definition) is 2. The van der Waals surface area contributed by atoms with Crippen LogP contribution in [0.2, 0.25) is 0 Å². The van der Waals surface area contributed by atoms with E-state index in [1.165, 1.54) is 0 Å². The second-order valence-electron chi connectivity index (χ2n) is 6.97. The molecule has 0 saturated heterocycles. The second-order valence-corrected chi connectivity index (χ2v) is 6.97. The van der Waals surface area contributed by atoms with E-state index in [0.717, 1.165) is 16.5 Å². The van der Waals surface area contributed by atoms with Gasteiger partial charge in [-0.1, -0.05) is 0 Å². The molecule has 8 nitrogen and oxygen atoms in total. The summed E-state index contributed by atoms with van der Waals surface area (Å²) in [6.45, 7) is 5.45. The highest BCUT2D eigenvalue weighted by molar-refractivity contribution is 6.01. The predicted octanol–water partition coefficient (Wildman–Crippen LogP) is 3.42. The number of fused-ring (bicyclic) bond motifs is 1. The molecule has 26 heavy (non-hydrogen) atoms. The number of aryl methyl sites for hydroxylation is 1. The molecule has 2 heterocycles. The lowest BCUT2D eigenvalue weighted by molar-refractivity contribution is 0.0636. The molecule has 0 unspecified atom stereocenters. The van der Waals surface area contributed by atoms with Crippen molar-refractivity contribution in [2.75, 3.05) is 17.7 Å². The Bertz CT molecular complexity index is 958. The number of carbonyl (C=O) groups excluding carboxylic acids is 1. The van der Waals surface area contributed by atoms with E-state index in [1.807, 2.05) is 52.2 Å². The first-order chi connectivity index (χ1) is 12.2. The van der Waals surface area contributed by atoms with E-state index < -0.39 is 11.7 Å². The van der Waals surface area contributed by atoms with Gasteiger partial charge in [-0.2, -0.15) is 5.10 Å². The van der Waals surface area contributed by atoms with Crippen molar-refractivity contribution in [1.29, 1.82) is 0 Å². The Labute approximate surface area is 151 Å². The molecule has 0 radical (unpaired) electrons. The van der Waals surface area contributed by atoms with Crippen LogP contribution in [0, 0.1) is 0 Å². The fourth-order valence-corrected chi connectivity index (χ4v) is 2.53. The van der Waals surface area contributed by atoms with Crippen molar-refractivity contribution in [2.45, 2.75) is 26.4 Å². The van der Waals surface area contributed by atoms with Gasteiger partial charge < -0.3 is 10.1 Å². The lowest BCUT2D eigenvalue weighted by Crippen LogP contribution is -2.27. The van der Waals surface area contributed by atoms with E-state index in [0.29, 0.717) is 17.0 Å². The number of rotatable bonds is 3. The van der Waals surface area contributed by atoms with Gasteiger partial charge in [0.05, 0.1) is 11.9 Å². The minimum absolute atomic E-state index is 0.533. The average Bonchev–Trinajstić information content (AvgIpc) is 2.98. The summed E-state index contributed by atoms with van der Waals surface area (Å²) >= 11 is 0. The molecule has 0 atom stereocenters. The molecule has 2 N–H and O–H groups in total. The number of amides is 1. The van der Waals surface area contributed by atoms with Crippen LogP contribution in [0.15, 0.2) is 30.6 Å². The second kappa shape index (κ2) is 6.62. The van der Waals surface area contributed by atoms with Crippen LogP contribution in [0.25, 0.3) is 22.0 Å². The van der Waals surface area contributed by atoms with Gasteiger partial charge >= 0.3 is 6.09 Å². The largest absolute Gasteiger partial charge is 0.444 e. The zero-order valence-corrected chi connectivity index (χ0v) is 15.5. The van der Waals surface area contributed by atoms with Gasteiger partial charge in [0.25, 0.3) is 0 Å². The standard InChI is InChI=1S/C18H22N6O2/c1-18(2,3)26-17(25)21-14-7-11(13-9-20-24(5)10-13)6-12-8-15(19-4)22-23-16(12)14/h6-10H,1-5H3,(H,19,22)(H,21,25). The minimum Gasteiger partial charge on any atom is -0.444 e. The highest BCUT2D eigenvalue weighted by Crippen LogP contribution is 2.30. The van der Waals surface area contributed by atoms with Crippen LogP contribution >= 0.6 is 0 Å². The van der Waals surface area contributed by atoms with E-state index in [1.54, 1.807) is 17.9 Å². The highest BCUT2D eigenvalue weighted by Gasteiger charge is 2.18. The number of hydrogen-bond acceptors (Lipinski definition) is 6. The molecule has 8 heteroatoms. The number of aromatic nitrogens is 4. The van der Waals surface area contributed by atoms with Crippen LogP contribution < -0.4 is 10.6 Å². The third-order valence-corrected chi connectivity index (χ3v) is 3.62. The highest BCUT2D eigenvalue weighted by atomic mass is 16.6. The third-order valence-electron chi connectivity index (χ3n) is 3.62. The van der Waals surface area contributed by atoms with Crippen LogP contribution in [-0.4, -0.2) is 38.7 Å². The lowest BCUT2D eigenvalue weighted by atomic mass is 10.0. The normalized spacial score (nSPS) is 11.4. The first kappa shape index (κ1) is 17.7. The van der Waals surface area contributed by atoms with Crippen molar-refractivity contribution in [3.05, 3.63) is 30.6 Å². The van der Waals surface area contributed by atoms with E-state index in [-0.39, 0.29) is 0 Å². The molecule has 3 aromatic rings. The van der Waals surface area contributed by atoms with E-state index in [9.17, 15) is 4.79 Å². The molecule has 1 amide bonds. The molecular weight excluding hydrogens is 332 g/mol. The van der Waals surface area contributed by atoms with Crippen LogP contribution in [-0.2, 0) is 11.8 Å². The van der Waals surface area contributed by atoms with Gasteiger partial charge in [0, 0.05) is 31.2 Å². The molecule has 1 aromatic carbocycles. The SMILES string of the molecule is CNc1cc2cc(-c3cnn(C)c3)cc(NC(=O)OC(C)(C)C)c2nn1. The maximum Gasteiger partial charge on any atom is 0.412 e. The van der Waals surface area contributed by atoms with Crippen molar-refractivity contribution in [1.82, 2.24) is 20.0 Å². The summed E-state index contributed by atoms with van der Waals surface area (Å²) < 4.78 is 7.08. The first-order valence-electron chi connectivity index (χ1n) is 8.23. The van der Waals surface area contributed by atoms with Crippen LogP contribution in [0.3, 0.4) is 0 Å². The maximum atomic E-state index is 12.2. The molecule has 0 fully saturated rings. The summed E-state index contributed by atoms with van der Waals surface area (Å²) in [6, 6.07) is 5.71. The number of nitrogens with one attached hydrogen (secondary N) is 2. The topological polar surface area (TPSA) is 94.0 Å². The first-order valence-corrected chi connectivity index (χ1v) is 8.23. The monoisotopic (exact) mass is 354 g/mol. The van der Waals surface area contributed by atoms with Crippen molar-refractivity contribution < 1.29 is 9.53 Å². The quantitative estimate of drug-likeness (QED) is 0.748. The summed E-state index contributed by atoms with van der Waals surface area (Å²) in [5.41, 5.74) is 2.37. The number of benzene rings is 1. The summed E-state index contributed by atoms with van der Waals surface area (Å²) in [6.07, 6.45) is 3.14. The molecule has 3 rings (SSSR count). The minimum atomic E-state index is -0.591. The van der Waals surface area contributed by atoms with Gasteiger partial charge in [-0.3, -0.25) is 10.00 Å². The molecule has 0 aliphatic rings. The Morgan fingerprint density at radius 3 is 2.54 bits per heavy atom. The molecule has 136 valence electrons. The number of anilines is 2. The lowest BCUT2D eigenvalue weighted by Gasteiger charge is -2.20. The Kier molecular flexibility index (Phi) is 4.50. The van der Waals surface area contributed by atoms with Crippen molar-refractivity contribution in [3.63, 3.8) is 0 Å². The zero-order valence-electron chi connectivity index (χ0n) is 15.5. The summed E-state index contributed by atoms with van der Waals surface area (Å²) in [4.78, 5) is 12.2. The van der Waals surface area contributed by atoms with Gasteiger partial charge in [-0.25, -0.2) is 4.79 Å². The Morgan fingerprint density at radius 1 is 1.15 bits per heavy atom. The van der Waals surface area contributed by atoms with Crippen molar-refractivity contribution in [2.24, 2.45) is 7.05 Å². The maximum absolute atomic E-state index is 12.2. The van der Waals surface area contributed by atoms with Gasteiger partial charge in [0.2, 0.25) is 0 Å². The van der Waals surface area contributed by atoms with E-state index in [4.69, 9.17) is 4.74 Å².